The van der Waals surface area contributed by atoms with Gasteiger partial charge in [-0.05, 0) is 18.6 Å². The molecule has 0 amide bonds. The number of aliphatic imine (C=N–C) groups is 1. The molecular weight excluding hydrogens is 408 g/mol. The lowest BCUT2D eigenvalue weighted by molar-refractivity contribution is 0.203. The maximum atomic E-state index is 13.8. The molecule has 1 fully saturated rings. The minimum Gasteiger partial charge on any atom is -0.383 e. The fourth-order valence-corrected chi connectivity index (χ4v) is 2.48. The lowest BCUT2D eigenvalue weighted by atomic mass is 10.1. The van der Waals surface area contributed by atoms with E-state index >= 15 is 0 Å². The van der Waals surface area contributed by atoms with Crippen LogP contribution in [0.1, 0.15) is 17.9 Å². The topological polar surface area (TPSA) is 45.7 Å². The lowest BCUT2D eigenvalue weighted by Gasteiger charge is -2.12. The molecule has 21 heavy (non-hydrogen) atoms. The predicted octanol–water partition coefficient (Wildman–Crippen LogP) is 2.76. The van der Waals surface area contributed by atoms with Gasteiger partial charge in [-0.3, -0.25) is 4.99 Å². The summed E-state index contributed by atoms with van der Waals surface area (Å²) in [5, 5.41) is 6.88. The minimum atomic E-state index is -0.242. The van der Waals surface area contributed by atoms with Crippen LogP contribution in [0.3, 0.4) is 0 Å². The Bertz CT molecular complexity index is 481. The summed E-state index contributed by atoms with van der Waals surface area (Å²) in [6.07, 6.45) is 0.853. The molecule has 1 aliphatic carbocycles. The summed E-state index contributed by atoms with van der Waals surface area (Å²) >= 11 is 6.07. The van der Waals surface area contributed by atoms with Gasteiger partial charge in [0.2, 0.25) is 0 Å². The number of hydrogen-bond donors (Lipinski definition) is 2. The number of methoxy groups -OCH3 is 1. The van der Waals surface area contributed by atoms with Crippen molar-refractivity contribution < 1.29 is 9.13 Å². The Morgan fingerprint density at radius 1 is 1.52 bits per heavy atom. The van der Waals surface area contributed by atoms with Crippen LogP contribution in [0, 0.1) is 5.82 Å². The van der Waals surface area contributed by atoms with E-state index in [1.807, 2.05) is 0 Å². The molecular formula is C14H20ClFIN3O. The summed E-state index contributed by atoms with van der Waals surface area (Å²) in [5.41, 5.74) is 0.596. The Labute approximate surface area is 146 Å². The Morgan fingerprint density at radius 2 is 2.29 bits per heavy atom. The number of guanidine groups is 1. The Kier molecular flexibility index (Phi) is 7.69. The van der Waals surface area contributed by atoms with Gasteiger partial charge in [0.15, 0.2) is 5.96 Å². The molecule has 0 spiro atoms. The molecule has 0 saturated heterocycles. The van der Waals surface area contributed by atoms with Gasteiger partial charge in [0.05, 0.1) is 6.61 Å². The van der Waals surface area contributed by atoms with Crippen LogP contribution in [0.5, 0.6) is 0 Å². The van der Waals surface area contributed by atoms with Crippen molar-refractivity contribution in [3.63, 3.8) is 0 Å². The van der Waals surface area contributed by atoms with Crippen molar-refractivity contribution in [2.45, 2.75) is 18.4 Å². The molecule has 0 radical (unpaired) electrons. The smallest absolute Gasteiger partial charge is 0.191 e. The first kappa shape index (κ1) is 18.4. The summed E-state index contributed by atoms with van der Waals surface area (Å²) in [6.45, 7) is 1.28. The minimum absolute atomic E-state index is 0. The highest BCUT2D eigenvalue weighted by Gasteiger charge is 2.41. The van der Waals surface area contributed by atoms with Crippen molar-refractivity contribution >= 4 is 41.5 Å². The van der Waals surface area contributed by atoms with Crippen LogP contribution in [0.15, 0.2) is 23.2 Å². The number of nitrogens with one attached hydrogen (secondary N) is 2. The first-order valence-electron chi connectivity index (χ1n) is 6.57. The highest BCUT2D eigenvalue weighted by molar-refractivity contribution is 14.0. The summed E-state index contributed by atoms with van der Waals surface area (Å²) < 4.78 is 18.8. The summed E-state index contributed by atoms with van der Waals surface area (Å²) in [4.78, 5) is 4.13. The Morgan fingerprint density at radius 3 is 2.90 bits per heavy atom. The molecule has 1 aliphatic rings. The van der Waals surface area contributed by atoms with Crippen molar-refractivity contribution in [2.24, 2.45) is 4.99 Å². The van der Waals surface area contributed by atoms with Gasteiger partial charge in [0.1, 0.15) is 5.82 Å². The first-order chi connectivity index (χ1) is 9.67. The van der Waals surface area contributed by atoms with Gasteiger partial charge < -0.3 is 15.4 Å². The van der Waals surface area contributed by atoms with Crippen molar-refractivity contribution in [1.29, 1.82) is 0 Å². The summed E-state index contributed by atoms with van der Waals surface area (Å²) in [7, 11) is 3.35. The molecule has 2 unspecified atom stereocenters. The van der Waals surface area contributed by atoms with Crippen LogP contribution in [0.25, 0.3) is 0 Å². The number of rotatable bonds is 5. The van der Waals surface area contributed by atoms with Gasteiger partial charge in [0.25, 0.3) is 0 Å². The van der Waals surface area contributed by atoms with Crippen LogP contribution in [-0.2, 0) is 4.74 Å². The molecule has 0 aromatic heterocycles. The maximum Gasteiger partial charge on any atom is 0.191 e. The highest BCUT2D eigenvalue weighted by Crippen LogP contribution is 2.44. The van der Waals surface area contributed by atoms with E-state index in [-0.39, 0.29) is 41.8 Å². The van der Waals surface area contributed by atoms with Gasteiger partial charge in [-0.25, -0.2) is 4.39 Å². The first-order valence-corrected chi connectivity index (χ1v) is 6.95. The largest absolute Gasteiger partial charge is 0.383 e. The molecule has 2 rings (SSSR count). The fourth-order valence-electron chi connectivity index (χ4n) is 2.18. The van der Waals surface area contributed by atoms with E-state index in [0.29, 0.717) is 29.7 Å². The van der Waals surface area contributed by atoms with Gasteiger partial charge in [-0.2, -0.15) is 0 Å². The van der Waals surface area contributed by atoms with Crippen LogP contribution in [0.4, 0.5) is 4.39 Å². The molecule has 0 aliphatic heterocycles. The van der Waals surface area contributed by atoms with Gasteiger partial charge in [-0.1, -0.05) is 17.7 Å². The average Bonchev–Trinajstić information content (AvgIpc) is 3.16. The molecule has 2 N–H and O–H groups in total. The molecule has 0 bridgehead atoms. The second-order valence-corrected chi connectivity index (χ2v) is 5.13. The van der Waals surface area contributed by atoms with Crippen LogP contribution >= 0.6 is 35.6 Å². The molecule has 118 valence electrons. The molecule has 1 aromatic carbocycles. The average molecular weight is 428 g/mol. The molecule has 0 heterocycles. The van der Waals surface area contributed by atoms with E-state index < -0.39 is 0 Å². The fraction of sp³-hybridized carbons (Fsp3) is 0.500. The van der Waals surface area contributed by atoms with Crippen LogP contribution in [-0.4, -0.2) is 39.3 Å². The van der Waals surface area contributed by atoms with E-state index in [1.165, 1.54) is 6.07 Å². The van der Waals surface area contributed by atoms with Gasteiger partial charge in [-0.15, -0.1) is 24.0 Å². The maximum absolute atomic E-state index is 13.8. The second-order valence-electron chi connectivity index (χ2n) is 4.72. The SMILES string of the molecule is CN=C(NCCOC)NC1CC1c1c(F)cccc1Cl.I. The van der Waals surface area contributed by atoms with Crippen molar-refractivity contribution in [3.05, 3.63) is 34.6 Å². The molecule has 1 saturated carbocycles. The van der Waals surface area contributed by atoms with Crippen molar-refractivity contribution in [1.82, 2.24) is 10.6 Å². The Balaban J connectivity index is 0.00000220. The van der Waals surface area contributed by atoms with E-state index in [2.05, 4.69) is 15.6 Å². The van der Waals surface area contributed by atoms with Crippen molar-refractivity contribution in [3.8, 4) is 0 Å². The van der Waals surface area contributed by atoms with E-state index in [9.17, 15) is 4.39 Å². The van der Waals surface area contributed by atoms with E-state index in [0.717, 1.165) is 6.42 Å². The predicted molar refractivity (Wildman–Crippen MR) is 94.3 cm³/mol. The third-order valence-corrected chi connectivity index (χ3v) is 3.63. The third-order valence-electron chi connectivity index (χ3n) is 3.31. The van der Waals surface area contributed by atoms with Gasteiger partial charge >= 0.3 is 0 Å². The van der Waals surface area contributed by atoms with E-state index in [1.54, 1.807) is 26.3 Å². The molecule has 7 heteroatoms. The zero-order chi connectivity index (χ0) is 14.5. The third kappa shape index (κ3) is 4.96. The standard InChI is InChI=1S/C14H19ClFN3O.HI/c1-17-14(18-6-7-20-2)19-12-8-9(12)13-10(15)4-3-5-11(13)16;/h3-5,9,12H,6-8H2,1-2H3,(H2,17,18,19);1H. The molecule has 1 aromatic rings. The number of ether oxygens (including phenoxy) is 1. The highest BCUT2D eigenvalue weighted by atomic mass is 127. The summed E-state index contributed by atoms with van der Waals surface area (Å²) in [6, 6.07) is 4.96. The number of benzene rings is 1. The number of halogens is 3. The monoisotopic (exact) mass is 427 g/mol. The van der Waals surface area contributed by atoms with Crippen LogP contribution in [0.2, 0.25) is 5.02 Å². The van der Waals surface area contributed by atoms with Crippen molar-refractivity contribution in [2.75, 3.05) is 27.3 Å². The summed E-state index contributed by atoms with van der Waals surface area (Å²) in [5.74, 6) is 0.556. The normalized spacial score (nSPS) is 20.7. The van der Waals surface area contributed by atoms with Gasteiger partial charge in [0, 0.05) is 43.2 Å². The lowest BCUT2D eigenvalue weighted by Crippen LogP contribution is -2.40. The quantitative estimate of drug-likeness (QED) is 0.329. The Hall–Kier alpha value is -0.600. The number of nitrogens with zero attached hydrogens (tertiary/aromatic N) is 1. The number of hydrogen-bond acceptors (Lipinski definition) is 2. The molecule has 4 nitrogen and oxygen atoms in total. The van der Waals surface area contributed by atoms with Crippen LogP contribution < -0.4 is 10.6 Å². The zero-order valence-electron chi connectivity index (χ0n) is 12.0. The second kappa shape index (κ2) is 8.75. The zero-order valence-corrected chi connectivity index (χ0v) is 15.1. The van der Waals surface area contributed by atoms with E-state index in [4.69, 9.17) is 16.3 Å². The molecule has 2 atom stereocenters.